The molecule has 2 aromatic heterocycles. The zero-order chi connectivity index (χ0) is 18.7. The van der Waals surface area contributed by atoms with Gasteiger partial charge >= 0.3 is 5.97 Å². The lowest BCUT2D eigenvalue weighted by Gasteiger charge is -2.04. The number of ether oxygens (including phenoxy) is 1. The van der Waals surface area contributed by atoms with Crippen molar-refractivity contribution in [2.75, 3.05) is 12.4 Å². The average Bonchev–Trinajstić information content (AvgIpc) is 3.17. The SMILES string of the molecule is COC(=O)c1cc(Cc2ccccc2)sc1NC(=O)c1c(C)noc1C. The fraction of sp³-hybridized carbons (Fsp3) is 0.211. The van der Waals surface area contributed by atoms with E-state index in [0.29, 0.717) is 34.0 Å². The van der Waals surface area contributed by atoms with E-state index in [9.17, 15) is 9.59 Å². The molecular weight excluding hydrogens is 352 g/mol. The Balaban J connectivity index is 1.90. The Kier molecular flexibility index (Phi) is 5.18. The zero-order valence-corrected chi connectivity index (χ0v) is 15.5. The number of benzene rings is 1. The summed E-state index contributed by atoms with van der Waals surface area (Å²) in [6.45, 7) is 3.37. The van der Waals surface area contributed by atoms with Gasteiger partial charge in [-0.2, -0.15) is 0 Å². The summed E-state index contributed by atoms with van der Waals surface area (Å²) in [7, 11) is 1.32. The summed E-state index contributed by atoms with van der Waals surface area (Å²) in [6.07, 6.45) is 0.663. The fourth-order valence-electron chi connectivity index (χ4n) is 2.65. The molecule has 0 bridgehead atoms. The third-order valence-electron chi connectivity index (χ3n) is 3.90. The maximum Gasteiger partial charge on any atom is 0.340 e. The van der Waals surface area contributed by atoms with Crippen LogP contribution in [-0.4, -0.2) is 24.1 Å². The maximum atomic E-state index is 12.6. The molecule has 1 amide bonds. The number of esters is 1. The van der Waals surface area contributed by atoms with Crippen molar-refractivity contribution >= 4 is 28.2 Å². The second-order valence-corrected chi connectivity index (χ2v) is 6.90. The molecule has 0 unspecified atom stereocenters. The highest BCUT2D eigenvalue weighted by molar-refractivity contribution is 7.16. The number of rotatable bonds is 5. The van der Waals surface area contributed by atoms with Crippen LogP contribution in [0, 0.1) is 13.8 Å². The molecule has 0 spiro atoms. The van der Waals surface area contributed by atoms with Crippen LogP contribution in [0.5, 0.6) is 0 Å². The van der Waals surface area contributed by atoms with Gasteiger partial charge < -0.3 is 14.6 Å². The number of nitrogens with zero attached hydrogens (tertiary/aromatic N) is 1. The minimum Gasteiger partial charge on any atom is -0.465 e. The normalized spacial score (nSPS) is 10.6. The van der Waals surface area contributed by atoms with E-state index in [0.717, 1.165) is 10.4 Å². The van der Waals surface area contributed by atoms with Crippen molar-refractivity contribution in [2.45, 2.75) is 20.3 Å². The van der Waals surface area contributed by atoms with Crippen LogP contribution < -0.4 is 5.32 Å². The molecule has 6 nitrogen and oxygen atoms in total. The Bertz CT molecular complexity index is 924. The minimum absolute atomic E-state index is 0.337. The lowest BCUT2D eigenvalue weighted by Crippen LogP contribution is -2.15. The summed E-state index contributed by atoms with van der Waals surface area (Å²) in [5.74, 6) is -0.421. The van der Waals surface area contributed by atoms with Gasteiger partial charge in [-0.25, -0.2) is 4.79 Å². The molecule has 0 fully saturated rings. The Morgan fingerprint density at radius 2 is 1.96 bits per heavy atom. The van der Waals surface area contributed by atoms with Crippen molar-refractivity contribution in [3.8, 4) is 0 Å². The lowest BCUT2D eigenvalue weighted by atomic mass is 10.1. The van der Waals surface area contributed by atoms with Crippen molar-refractivity contribution in [1.29, 1.82) is 0 Å². The number of anilines is 1. The Hall–Kier alpha value is -2.93. The molecule has 2 heterocycles. The molecule has 1 N–H and O–H groups in total. The second-order valence-electron chi connectivity index (χ2n) is 5.76. The Morgan fingerprint density at radius 1 is 1.23 bits per heavy atom. The van der Waals surface area contributed by atoms with E-state index in [1.54, 1.807) is 19.9 Å². The highest BCUT2D eigenvalue weighted by Gasteiger charge is 2.22. The predicted molar refractivity (Wildman–Crippen MR) is 98.8 cm³/mol. The molecule has 0 aliphatic carbocycles. The van der Waals surface area contributed by atoms with E-state index in [-0.39, 0.29) is 5.91 Å². The van der Waals surface area contributed by atoms with Crippen molar-refractivity contribution in [3.05, 3.63) is 69.4 Å². The van der Waals surface area contributed by atoms with Crippen LogP contribution in [0.3, 0.4) is 0 Å². The van der Waals surface area contributed by atoms with Crippen LogP contribution in [0.1, 0.15) is 42.6 Å². The van der Waals surface area contributed by atoms with Gasteiger partial charge in [-0.05, 0) is 25.5 Å². The van der Waals surface area contributed by atoms with Gasteiger partial charge in [0.05, 0.1) is 18.4 Å². The topological polar surface area (TPSA) is 81.4 Å². The first kappa shape index (κ1) is 17.9. The average molecular weight is 370 g/mol. The summed E-state index contributed by atoms with van der Waals surface area (Å²) < 4.78 is 9.88. The first-order valence-corrected chi connectivity index (χ1v) is 8.80. The molecule has 134 valence electrons. The number of carbonyl (C=O) groups is 2. The van der Waals surface area contributed by atoms with Gasteiger partial charge in [-0.1, -0.05) is 35.5 Å². The smallest absolute Gasteiger partial charge is 0.340 e. The minimum atomic E-state index is -0.491. The number of nitrogens with one attached hydrogen (secondary N) is 1. The molecule has 3 rings (SSSR count). The fourth-order valence-corrected chi connectivity index (χ4v) is 3.73. The van der Waals surface area contributed by atoms with Gasteiger partial charge in [0.15, 0.2) is 0 Å². The summed E-state index contributed by atoms with van der Waals surface area (Å²) >= 11 is 1.35. The van der Waals surface area contributed by atoms with Crippen molar-refractivity contribution in [2.24, 2.45) is 0 Å². The molecule has 0 atom stereocenters. The highest BCUT2D eigenvalue weighted by Crippen LogP contribution is 2.31. The van der Waals surface area contributed by atoms with Crippen LogP contribution in [0.25, 0.3) is 0 Å². The van der Waals surface area contributed by atoms with Crippen molar-refractivity contribution in [3.63, 3.8) is 0 Å². The third kappa shape index (κ3) is 3.67. The first-order valence-electron chi connectivity index (χ1n) is 7.98. The molecule has 0 saturated carbocycles. The molecule has 26 heavy (non-hydrogen) atoms. The number of thiophene rings is 1. The molecule has 0 aliphatic rings. The summed E-state index contributed by atoms with van der Waals surface area (Å²) in [4.78, 5) is 25.6. The van der Waals surface area contributed by atoms with E-state index < -0.39 is 5.97 Å². The maximum absolute atomic E-state index is 12.6. The number of hydrogen-bond acceptors (Lipinski definition) is 6. The van der Waals surface area contributed by atoms with Crippen LogP contribution in [0.2, 0.25) is 0 Å². The van der Waals surface area contributed by atoms with Gasteiger partial charge in [0.25, 0.3) is 5.91 Å². The van der Waals surface area contributed by atoms with Gasteiger partial charge in [0, 0.05) is 11.3 Å². The van der Waals surface area contributed by atoms with Gasteiger partial charge in [-0.15, -0.1) is 11.3 Å². The van der Waals surface area contributed by atoms with E-state index in [1.807, 2.05) is 30.3 Å². The number of hydrogen-bond donors (Lipinski definition) is 1. The largest absolute Gasteiger partial charge is 0.465 e. The first-order chi connectivity index (χ1) is 12.5. The molecule has 7 heteroatoms. The van der Waals surface area contributed by atoms with Crippen LogP contribution in [0.15, 0.2) is 40.9 Å². The molecular formula is C19H18N2O4S. The van der Waals surface area contributed by atoms with E-state index in [1.165, 1.54) is 18.4 Å². The Labute approximate surface area is 154 Å². The molecule has 0 radical (unpaired) electrons. The number of carbonyl (C=O) groups excluding carboxylic acids is 2. The monoisotopic (exact) mass is 370 g/mol. The van der Waals surface area contributed by atoms with E-state index in [4.69, 9.17) is 9.26 Å². The van der Waals surface area contributed by atoms with Crippen LogP contribution in [0.4, 0.5) is 5.00 Å². The highest BCUT2D eigenvalue weighted by atomic mass is 32.1. The molecule has 1 aromatic carbocycles. The molecule has 0 aliphatic heterocycles. The van der Waals surface area contributed by atoms with Gasteiger partial charge in [-0.3, -0.25) is 4.79 Å². The standard InChI is InChI=1S/C19H18N2O4S/c1-11-16(12(2)25-21-11)17(22)20-18-15(19(23)24-3)10-14(26-18)9-13-7-5-4-6-8-13/h4-8,10H,9H2,1-3H3,(H,20,22). The predicted octanol–water partition coefficient (Wildman–Crippen LogP) is 3.98. The molecule has 3 aromatic rings. The third-order valence-corrected chi connectivity index (χ3v) is 4.95. The van der Waals surface area contributed by atoms with Gasteiger partial charge in [0.2, 0.25) is 0 Å². The summed E-state index contributed by atoms with van der Waals surface area (Å²) in [6, 6.07) is 11.7. The number of aryl methyl sites for hydroxylation is 2. The van der Waals surface area contributed by atoms with Crippen LogP contribution >= 0.6 is 11.3 Å². The number of aromatic nitrogens is 1. The zero-order valence-electron chi connectivity index (χ0n) is 14.7. The van der Waals surface area contributed by atoms with E-state index >= 15 is 0 Å². The van der Waals surface area contributed by atoms with Gasteiger partial charge in [0.1, 0.15) is 16.3 Å². The van der Waals surface area contributed by atoms with Crippen molar-refractivity contribution in [1.82, 2.24) is 5.16 Å². The number of amides is 1. The number of methoxy groups -OCH3 is 1. The van der Waals surface area contributed by atoms with E-state index in [2.05, 4.69) is 10.5 Å². The second kappa shape index (κ2) is 7.53. The summed E-state index contributed by atoms with van der Waals surface area (Å²) in [5, 5.41) is 7.04. The molecule has 0 saturated heterocycles. The Morgan fingerprint density at radius 3 is 2.58 bits per heavy atom. The van der Waals surface area contributed by atoms with Crippen molar-refractivity contribution < 1.29 is 18.8 Å². The quantitative estimate of drug-likeness (QED) is 0.687. The van der Waals surface area contributed by atoms with Crippen LogP contribution in [-0.2, 0) is 11.2 Å². The lowest BCUT2D eigenvalue weighted by molar-refractivity contribution is 0.0602. The summed E-state index contributed by atoms with van der Waals surface area (Å²) in [5.41, 5.74) is 2.33.